The van der Waals surface area contributed by atoms with Crippen LogP contribution in [0.3, 0.4) is 0 Å². The molecule has 1 heterocycles. The average molecular weight is 416 g/mol. The molecule has 1 amide bonds. The molecule has 0 saturated heterocycles. The number of ether oxygens (including phenoxy) is 2. The summed E-state index contributed by atoms with van der Waals surface area (Å²) in [6.07, 6.45) is 1.95. The van der Waals surface area contributed by atoms with Crippen LogP contribution in [0.1, 0.15) is 56.6 Å². The number of hydrogen-bond acceptors (Lipinski definition) is 4. The molecule has 0 aliphatic heterocycles. The predicted molar refractivity (Wildman–Crippen MR) is 120 cm³/mol. The van der Waals surface area contributed by atoms with Crippen molar-refractivity contribution in [1.29, 1.82) is 0 Å². The van der Waals surface area contributed by atoms with Gasteiger partial charge in [0.05, 0.1) is 18.9 Å². The Labute approximate surface area is 181 Å². The molecule has 1 aromatic heterocycles. The minimum Gasteiger partial charge on any atom is -0.490 e. The number of hydrogen-bond donors (Lipinski definition) is 1. The normalized spacial score (nSPS) is 11.0. The summed E-state index contributed by atoms with van der Waals surface area (Å²) in [6.45, 7) is 15.1. The molecule has 30 heavy (non-hydrogen) atoms. The number of aryl methyl sites for hydroxylation is 1. The third-order valence-corrected chi connectivity index (χ3v) is 5.02. The van der Waals surface area contributed by atoms with Crippen molar-refractivity contribution in [2.75, 3.05) is 19.8 Å². The Balaban J connectivity index is 1.84. The summed E-state index contributed by atoms with van der Waals surface area (Å²) in [4.78, 5) is 12.3. The summed E-state index contributed by atoms with van der Waals surface area (Å²) in [5.74, 6) is 2.13. The highest BCUT2D eigenvalue weighted by Crippen LogP contribution is 2.28. The minimum atomic E-state index is 0.0707. The zero-order valence-corrected chi connectivity index (χ0v) is 19.4. The van der Waals surface area contributed by atoms with Crippen LogP contribution in [-0.2, 0) is 24.2 Å². The molecule has 0 aliphatic carbocycles. The molecule has 1 N–H and O–H groups in total. The van der Waals surface area contributed by atoms with Crippen LogP contribution in [0, 0.1) is 19.8 Å². The number of amides is 1. The summed E-state index contributed by atoms with van der Waals surface area (Å²) in [6, 6.07) is 5.96. The molecule has 0 aliphatic rings. The Morgan fingerprint density at radius 3 is 2.47 bits per heavy atom. The fourth-order valence-electron chi connectivity index (χ4n) is 3.54. The fourth-order valence-corrected chi connectivity index (χ4v) is 3.54. The Morgan fingerprint density at radius 2 is 1.80 bits per heavy atom. The van der Waals surface area contributed by atoms with Crippen LogP contribution in [0.5, 0.6) is 11.5 Å². The number of nitrogens with zero attached hydrogens (tertiary/aromatic N) is 2. The first-order valence-corrected chi connectivity index (χ1v) is 11.0. The molecular formula is C24H37N3O3. The van der Waals surface area contributed by atoms with Gasteiger partial charge in [0.25, 0.3) is 0 Å². The summed E-state index contributed by atoms with van der Waals surface area (Å²) in [5, 5.41) is 7.67. The first-order chi connectivity index (χ1) is 14.3. The quantitative estimate of drug-likeness (QED) is 0.563. The Kier molecular flexibility index (Phi) is 9.21. The van der Waals surface area contributed by atoms with Crippen LogP contribution in [0.4, 0.5) is 0 Å². The largest absolute Gasteiger partial charge is 0.490 e. The molecule has 0 spiro atoms. The van der Waals surface area contributed by atoms with Gasteiger partial charge in [-0.15, -0.1) is 0 Å². The molecule has 1 aromatic carbocycles. The maximum Gasteiger partial charge on any atom is 0.220 e. The van der Waals surface area contributed by atoms with Gasteiger partial charge < -0.3 is 14.8 Å². The van der Waals surface area contributed by atoms with Gasteiger partial charge in [-0.25, -0.2) is 0 Å². The average Bonchev–Trinajstić information content (AvgIpc) is 2.94. The highest BCUT2D eigenvalue weighted by Gasteiger charge is 2.14. The van der Waals surface area contributed by atoms with Crippen molar-refractivity contribution >= 4 is 5.91 Å². The summed E-state index contributed by atoms with van der Waals surface area (Å²) < 4.78 is 13.3. The number of carbonyl (C=O) groups is 1. The molecule has 166 valence electrons. The Hall–Kier alpha value is -2.50. The van der Waals surface area contributed by atoms with E-state index in [4.69, 9.17) is 9.47 Å². The molecule has 0 radical (unpaired) electrons. The standard InChI is InChI=1S/C24H37N3O3/c1-7-29-22-11-9-20(15-23(22)30-8-2)13-14-25-24(28)12-10-21-18(5)26-27(19(21)6)16-17(3)4/h9,11,15,17H,7-8,10,12-14,16H2,1-6H3,(H,25,28). The van der Waals surface area contributed by atoms with Gasteiger partial charge in [-0.05, 0) is 69.7 Å². The van der Waals surface area contributed by atoms with Crippen molar-refractivity contribution in [2.24, 2.45) is 5.92 Å². The second-order valence-electron chi connectivity index (χ2n) is 7.97. The topological polar surface area (TPSA) is 65.4 Å². The lowest BCUT2D eigenvalue weighted by atomic mass is 10.1. The molecule has 0 atom stereocenters. The maximum absolute atomic E-state index is 12.3. The van der Waals surface area contributed by atoms with E-state index in [1.54, 1.807) is 0 Å². The van der Waals surface area contributed by atoms with Gasteiger partial charge in [0, 0.05) is 25.2 Å². The van der Waals surface area contributed by atoms with Gasteiger partial charge in [-0.3, -0.25) is 9.48 Å². The van der Waals surface area contributed by atoms with E-state index in [1.807, 2.05) is 39.0 Å². The van der Waals surface area contributed by atoms with Gasteiger partial charge >= 0.3 is 0 Å². The summed E-state index contributed by atoms with van der Waals surface area (Å²) >= 11 is 0. The van der Waals surface area contributed by atoms with E-state index >= 15 is 0 Å². The monoisotopic (exact) mass is 415 g/mol. The van der Waals surface area contributed by atoms with Gasteiger partial charge in [0.1, 0.15) is 0 Å². The van der Waals surface area contributed by atoms with Crippen molar-refractivity contribution in [1.82, 2.24) is 15.1 Å². The number of aromatic nitrogens is 2. The van der Waals surface area contributed by atoms with E-state index in [-0.39, 0.29) is 5.91 Å². The second-order valence-corrected chi connectivity index (χ2v) is 7.97. The van der Waals surface area contributed by atoms with Gasteiger partial charge in [-0.1, -0.05) is 19.9 Å². The molecule has 0 fully saturated rings. The lowest BCUT2D eigenvalue weighted by Gasteiger charge is -2.12. The molecule has 0 saturated carbocycles. The van der Waals surface area contributed by atoms with Gasteiger partial charge in [-0.2, -0.15) is 5.10 Å². The predicted octanol–water partition coefficient (Wildman–Crippen LogP) is 4.24. The smallest absolute Gasteiger partial charge is 0.220 e. The lowest BCUT2D eigenvalue weighted by molar-refractivity contribution is -0.121. The van der Waals surface area contributed by atoms with Crippen LogP contribution >= 0.6 is 0 Å². The van der Waals surface area contributed by atoms with E-state index in [2.05, 4.69) is 35.9 Å². The third-order valence-electron chi connectivity index (χ3n) is 5.02. The highest BCUT2D eigenvalue weighted by molar-refractivity contribution is 5.76. The third kappa shape index (κ3) is 6.78. The van der Waals surface area contributed by atoms with Crippen molar-refractivity contribution in [2.45, 2.75) is 67.3 Å². The summed E-state index contributed by atoms with van der Waals surface area (Å²) in [7, 11) is 0. The van der Waals surface area contributed by atoms with Crippen molar-refractivity contribution in [3.05, 3.63) is 40.7 Å². The number of rotatable bonds is 12. The molecule has 6 heteroatoms. The van der Waals surface area contributed by atoms with E-state index in [0.717, 1.165) is 42.1 Å². The van der Waals surface area contributed by atoms with E-state index < -0.39 is 0 Å². The zero-order chi connectivity index (χ0) is 22.1. The van der Waals surface area contributed by atoms with E-state index in [9.17, 15) is 4.79 Å². The molecule has 0 unspecified atom stereocenters. The van der Waals surface area contributed by atoms with Crippen LogP contribution in [0.2, 0.25) is 0 Å². The number of carbonyl (C=O) groups excluding carboxylic acids is 1. The lowest BCUT2D eigenvalue weighted by Crippen LogP contribution is -2.26. The van der Waals surface area contributed by atoms with Crippen molar-refractivity contribution in [3.63, 3.8) is 0 Å². The van der Waals surface area contributed by atoms with Crippen LogP contribution in [0.25, 0.3) is 0 Å². The van der Waals surface area contributed by atoms with E-state index in [0.29, 0.717) is 32.1 Å². The van der Waals surface area contributed by atoms with Crippen molar-refractivity contribution in [3.8, 4) is 11.5 Å². The first-order valence-electron chi connectivity index (χ1n) is 11.0. The zero-order valence-electron chi connectivity index (χ0n) is 19.4. The fraction of sp³-hybridized carbons (Fsp3) is 0.583. The minimum absolute atomic E-state index is 0.0707. The second kappa shape index (κ2) is 11.6. The van der Waals surface area contributed by atoms with Crippen LogP contribution in [-0.4, -0.2) is 35.4 Å². The molecule has 2 aromatic rings. The summed E-state index contributed by atoms with van der Waals surface area (Å²) in [5.41, 5.74) is 4.51. The maximum atomic E-state index is 12.3. The van der Waals surface area contributed by atoms with Gasteiger partial charge in [0.15, 0.2) is 11.5 Å². The Morgan fingerprint density at radius 1 is 1.10 bits per heavy atom. The molecule has 2 rings (SSSR count). The van der Waals surface area contributed by atoms with Crippen LogP contribution in [0.15, 0.2) is 18.2 Å². The molecule has 6 nitrogen and oxygen atoms in total. The first kappa shape index (κ1) is 23.8. The highest BCUT2D eigenvalue weighted by atomic mass is 16.5. The van der Waals surface area contributed by atoms with Crippen molar-refractivity contribution < 1.29 is 14.3 Å². The van der Waals surface area contributed by atoms with E-state index in [1.165, 1.54) is 11.3 Å². The number of nitrogens with one attached hydrogen (secondary N) is 1. The molecular weight excluding hydrogens is 378 g/mol. The Bertz CT molecular complexity index is 827. The SMILES string of the molecule is CCOc1ccc(CCNC(=O)CCc2c(C)nn(CC(C)C)c2C)cc1OCC. The number of benzene rings is 1. The van der Waals surface area contributed by atoms with Crippen LogP contribution < -0.4 is 14.8 Å². The van der Waals surface area contributed by atoms with Gasteiger partial charge in [0.2, 0.25) is 5.91 Å². The molecule has 0 bridgehead atoms.